The molecule has 1 aromatic heterocycles. The number of benzene rings is 2. The fraction of sp³-hybridized carbons (Fsp3) is 0.333. The third-order valence-electron chi connectivity index (χ3n) is 5.64. The van der Waals surface area contributed by atoms with E-state index in [9.17, 15) is 9.59 Å². The minimum absolute atomic E-state index is 0.114. The second kappa shape index (κ2) is 11.0. The van der Waals surface area contributed by atoms with Crippen molar-refractivity contribution in [3.8, 4) is 17.1 Å². The highest BCUT2D eigenvalue weighted by Gasteiger charge is 2.24. The van der Waals surface area contributed by atoms with Gasteiger partial charge in [0, 0.05) is 17.2 Å². The van der Waals surface area contributed by atoms with Crippen LogP contribution in [0.2, 0.25) is 0 Å². The van der Waals surface area contributed by atoms with Gasteiger partial charge in [-0.25, -0.2) is 0 Å². The Hall–Kier alpha value is -3.33. The summed E-state index contributed by atoms with van der Waals surface area (Å²) in [6.45, 7) is 0. The molecule has 1 aliphatic carbocycles. The molecule has 1 fully saturated rings. The summed E-state index contributed by atoms with van der Waals surface area (Å²) >= 11 is 1.32. The van der Waals surface area contributed by atoms with E-state index in [-0.39, 0.29) is 17.6 Å². The van der Waals surface area contributed by atoms with Crippen LogP contribution in [0.3, 0.4) is 0 Å². The van der Waals surface area contributed by atoms with E-state index in [0.29, 0.717) is 16.8 Å². The van der Waals surface area contributed by atoms with Crippen LogP contribution >= 0.6 is 11.8 Å². The molecule has 1 heterocycles. The fourth-order valence-electron chi connectivity index (χ4n) is 3.94. The number of hydrogen-bond donors (Lipinski definition) is 2. The number of ether oxygens (including phenoxy) is 1. The fourth-order valence-corrected chi connectivity index (χ4v) is 4.74. The van der Waals surface area contributed by atoms with E-state index in [4.69, 9.17) is 4.74 Å². The van der Waals surface area contributed by atoms with Crippen molar-refractivity contribution in [3.05, 3.63) is 60.2 Å². The van der Waals surface area contributed by atoms with Crippen LogP contribution in [0.25, 0.3) is 11.4 Å². The predicted molar refractivity (Wildman–Crippen MR) is 127 cm³/mol. The number of carbonyl (C=O) groups excluding carboxylic acids is 2. The van der Waals surface area contributed by atoms with Crippen molar-refractivity contribution in [2.45, 2.75) is 43.3 Å². The molecule has 172 valence electrons. The smallest absolute Gasteiger partial charge is 0.269 e. The first-order valence-electron chi connectivity index (χ1n) is 11.0. The zero-order valence-electron chi connectivity index (χ0n) is 18.5. The molecular weight excluding hydrogens is 438 g/mol. The maximum atomic E-state index is 12.4. The summed E-state index contributed by atoms with van der Waals surface area (Å²) < 4.78 is 7.44. The van der Waals surface area contributed by atoms with E-state index in [2.05, 4.69) is 25.6 Å². The number of hydrogen-bond acceptors (Lipinski definition) is 6. The lowest BCUT2D eigenvalue weighted by Gasteiger charge is -2.25. The van der Waals surface area contributed by atoms with E-state index >= 15 is 0 Å². The first kappa shape index (κ1) is 22.8. The Morgan fingerprint density at radius 1 is 1.00 bits per heavy atom. The molecule has 0 bridgehead atoms. The number of carbonyl (C=O) groups is 2. The molecule has 2 aromatic carbocycles. The van der Waals surface area contributed by atoms with E-state index in [1.807, 2.05) is 30.3 Å². The molecule has 1 saturated carbocycles. The third-order valence-corrected chi connectivity index (χ3v) is 6.58. The molecule has 2 N–H and O–H groups in total. The standard InChI is InChI=1S/C24H27N5O3S/c1-32-20-14-12-17(13-15-20)22-26-28-24(29(22)19-10-6-3-7-11-19)33-16-21(30)25-27-23(31)18-8-4-2-5-9-18/h2,4-5,8-9,12-15,19H,3,6-7,10-11,16H2,1H3,(H,25,30)(H,27,31). The number of hydrazine groups is 1. The van der Waals surface area contributed by atoms with E-state index in [0.717, 1.165) is 30.0 Å². The Morgan fingerprint density at radius 2 is 1.73 bits per heavy atom. The molecular formula is C24H27N5O3S. The van der Waals surface area contributed by atoms with Gasteiger partial charge in [-0.15, -0.1) is 10.2 Å². The van der Waals surface area contributed by atoms with E-state index in [1.54, 1.807) is 31.4 Å². The van der Waals surface area contributed by atoms with Crippen molar-refractivity contribution in [1.29, 1.82) is 0 Å². The molecule has 3 aromatic rings. The molecule has 0 aliphatic heterocycles. The van der Waals surface area contributed by atoms with E-state index in [1.165, 1.54) is 31.0 Å². The Balaban J connectivity index is 1.44. The first-order valence-corrected chi connectivity index (χ1v) is 12.0. The van der Waals surface area contributed by atoms with E-state index < -0.39 is 0 Å². The van der Waals surface area contributed by atoms with Crippen molar-refractivity contribution in [3.63, 3.8) is 0 Å². The van der Waals surface area contributed by atoms with Gasteiger partial charge in [-0.1, -0.05) is 49.2 Å². The molecule has 0 spiro atoms. The van der Waals surface area contributed by atoms with Gasteiger partial charge in [0.05, 0.1) is 12.9 Å². The van der Waals surface area contributed by atoms with Gasteiger partial charge in [0.15, 0.2) is 11.0 Å². The Morgan fingerprint density at radius 3 is 2.42 bits per heavy atom. The van der Waals surface area contributed by atoms with Crippen molar-refractivity contribution >= 4 is 23.6 Å². The SMILES string of the molecule is COc1ccc(-c2nnc(SCC(=O)NNC(=O)c3ccccc3)n2C2CCCCC2)cc1. The average Bonchev–Trinajstić information content (AvgIpc) is 3.31. The minimum atomic E-state index is -0.360. The highest BCUT2D eigenvalue weighted by atomic mass is 32.2. The van der Waals surface area contributed by atoms with Gasteiger partial charge in [0.25, 0.3) is 5.91 Å². The summed E-state index contributed by atoms with van der Waals surface area (Å²) in [6, 6.07) is 16.8. The largest absolute Gasteiger partial charge is 0.497 e. The van der Waals surface area contributed by atoms with Crippen molar-refractivity contribution in [1.82, 2.24) is 25.6 Å². The van der Waals surface area contributed by atoms with Crippen LogP contribution in [0.1, 0.15) is 48.5 Å². The quantitative estimate of drug-likeness (QED) is 0.404. The summed E-state index contributed by atoms with van der Waals surface area (Å²) in [7, 11) is 1.64. The molecule has 1 aliphatic rings. The van der Waals surface area contributed by atoms with Crippen LogP contribution in [0, 0.1) is 0 Å². The van der Waals surface area contributed by atoms with Crippen LogP contribution in [-0.4, -0.2) is 39.4 Å². The number of methoxy groups -OCH3 is 1. The van der Waals surface area contributed by atoms with Crippen LogP contribution in [0.15, 0.2) is 59.8 Å². The molecule has 0 unspecified atom stereocenters. The number of aromatic nitrogens is 3. The molecule has 2 amide bonds. The van der Waals surface area contributed by atoms with Gasteiger partial charge in [0.1, 0.15) is 5.75 Å². The molecule has 0 atom stereocenters. The van der Waals surface area contributed by atoms with Gasteiger partial charge in [-0.05, 0) is 49.2 Å². The maximum Gasteiger partial charge on any atom is 0.269 e. The summed E-state index contributed by atoms with van der Waals surface area (Å²) in [5, 5.41) is 9.57. The Kier molecular flexibility index (Phi) is 7.62. The van der Waals surface area contributed by atoms with Gasteiger partial charge < -0.3 is 4.74 Å². The molecule has 0 radical (unpaired) electrons. The van der Waals surface area contributed by atoms with Crippen molar-refractivity contribution in [2.24, 2.45) is 0 Å². The summed E-state index contributed by atoms with van der Waals surface area (Å²) in [5.41, 5.74) is 6.36. The highest BCUT2D eigenvalue weighted by molar-refractivity contribution is 7.99. The first-order chi connectivity index (χ1) is 16.2. The number of thioether (sulfide) groups is 1. The third kappa shape index (κ3) is 5.73. The summed E-state index contributed by atoms with van der Waals surface area (Å²) in [5.74, 6) is 1.02. The molecule has 8 nitrogen and oxygen atoms in total. The lowest BCUT2D eigenvalue weighted by molar-refractivity contribution is -0.119. The molecule has 33 heavy (non-hydrogen) atoms. The lowest BCUT2D eigenvalue weighted by atomic mass is 9.95. The predicted octanol–water partition coefficient (Wildman–Crippen LogP) is 4.01. The van der Waals surface area contributed by atoms with Gasteiger partial charge in [-0.2, -0.15) is 0 Å². The van der Waals surface area contributed by atoms with Gasteiger partial charge in [0.2, 0.25) is 5.91 Å². The lowest BCUT2D eigenvalue weighted by Crippen LogP contribution is -2.42. The Bertz CT molecular complexity index is 1080. The number of rotatable bonds is 7. The summed E-state index contributed by atoms with van der Waals surface area (Å²) in [4.78, 5) is 24.5. The maximum absolute atomic E-state index is 12.4. The summed E-state index contributed by atoms with van der Waals surface area (Å²) in [6.07, 6.45) is 5.70. The van der Waals surface area contributed by atoms with Crippen LogP contribution in [0.4, 0.5) is 0 Å². The average molecular weight is 466 g/mol. The molecule has 9 heteroatoms. The van der Waals surface area contributed by atoms with Gasteiger partial charge in [-0.3, -0.25) is 25.0 Å². The zero-order valence-corrected chi connectivity index (χ0v) is 19.3. The Labute approximate surface area is 197 Å². The monoisotopic (exact) mass is 465 g/mol. The molecule has 4 rings (SSSR count). The van der Waals surface area contributed by atoms with Crippen molar-refractivity contribution in [2.75, 3.05) is 12.9 Å². The number of nitrogens with zero attached hydrogens (tertiary/aromatic N) is 3. The van der Waals surface area contributed by atoms with Crippen LogP contribution in [-0.2, 0) is 4.79 Å². The topological polar surface area (TPSA) is 98.1 Å². The molecule has 0 saturated heterocycles. The minimum Gasteiger partial charge on any atom is -0.497 e. The number of amides is 2. The second-order valence-corrected chi connectivity index (χ2v) is 8.80. The van der Waals surface area contributed by atoms with Crippen LogP contribution in [0.5, 0.6) is 5.75 Å². The van der Waals surface area contributed by atoms with Crippen LogP contribution < -0.4 is 15.6 Å². The highest BCUT2D eigenvalue weighted by Crippen LogP contribution is 2.35. The van der Waals surface area contributed by atoms with Gasteiger partial charge >= 0.3 is 0 Å². The number of nitrogens with one attached hydrogen (secondary N) is 2. The van der Waals surface area contributed by atoms with Crippen molar-refractivity contribution < 1.29 is 14.3 Å². The zero-order chi connectivity index (χ0) is 23.0. The second-order valence-electron chi connectivity index (χ2n) is 7.85. The normalized spacial score (nSPS) is 14.0.